The Balaban J connectivity index is 1.81. The van der Waals surface area contributed by atoms with Crippen LogP contribution in [-0.2, 0) is 17.8 Å². The van der Waals surface area contributed by atoms with Gasteiger partial charge >= 0.3 is 0 Å². The van der Waals surface area contributed by atoms with Gasteiger partial charge in [-0.05, 0) is 25.7 Å². The van der Waals surface area contributed by atoms with Gasteiger partial charge in [0.25, 0.3) is 0 Å². The second kappa shape index (κ2) is 6.17. The normalized spacial score (nSPS) is 21.9. The second-order valence-corrected chi connectivity index (χ2v) is 4.87. The van der Waals surface area contributed by atoms with Crippen LogP contribution in [0.25, 0.3) is 0 Å². The molecule has 1 fully saturated rings. The Morgan fingerprint density at radius 2 is 2.53 bits per heavy atom. The standard InChI is InChI=1S/C13H23N3O/c1-3-5-16-10-14-7-13(16)8-15-11(2)12-4-6-17-9-12/h7,10-12,15H,3-6,8-9H2,1-2H3. The van der Waals surface area contributed by atoms with Crippen LogP contribution >= 0.6 is 0 Å². The number of ether oxygens (including phenoxy) is 1. The number of aromatic nitrogens is 2. The molecule has 0 bridgehead atoms. The van der Waals surface area contributed by atoms with Gasteiger partial charge in [0.15, 0.2) is 0 Å². The molecule has 0 saturated carbocycles. The summed E-state index contributed by atoms with van der Waals surface area (Å²) in [5, 5.41) is 3.58. The lowest BCUT2D eigenvalue weighted by Gasteiger charge is -2.19. The van der Waals surface area contributed by atoms with Gasteiger partial charge in [0, 0.05) is 31.9 Å². The Hall–Kier alpha value is -0.870. The molecular formula is C13H23N3O. The van der Waals surface area contributed by atoms with Crippen molar-refractivity contribution in [3.63, 3.8) is 0 Å². The highest BCUT2D eigenvalue weighted by Crippen LogP contribution is 2.16. The fourth-order valence-electron chi connectivity index (χ4n) is 2.32. The van der Waals surface area contributed by atoms with Crippen LogP contribution in [0.15, 0.2) is 12.5 Å². The zero-order chi connectivity index (χ0) is 12.1. The molecule has 4 heteroatoms. The van der Waals surface area contributed by atoms with E-state index in [2.05, 4.69) is 28.7 Å². The van der Waals surface area contributed by atoms with Crippen molar-refractivity contribution in [2.45, 2.75) is 45.8 Å². The van der Waals surface area contributed by atoms with Gasteiger partial charge in [0.1, 0.15) is 0 Å². The van der Waals surface area contributed by atoms with E-state index in [0.717, 1.165) is 32.7 Å². The van der Waals surface area contributed by atoms with Gasteiger partial charge in [-0.1, -0.05) is 6.92 Å². The fraction of sp³-hybridized carbons (Fsp3) is 0.769. The van der Waals surface area contributed by atoms with Crippen LogP contribution in [0.5, 0.6) is 0 Å². The van der Waals surface area contributed by atoms with Gasteiger partial charge < -0.3 is 14.6 Å². The predicted octanol–water partition coefficient (Wildman–Crippen LogP) is 1.81. The molecule has 0 amide bonds. The van der Waals surface area contributed by atoms with Crippen molar-refractivity contribution in [2.24, 2.45) is 5.92 Å². The third-order valence-electron chi connectivity index (χ3n) is 3.54. The molecule has 0 spiro atoms. The first-order valence-corrected chi connectivity index (χ1v) is 6.61. The van der Waals surface area contributed by atoms with Crippen molar-refractivity contribution in [2.75, 3.05) is 13.2 Å². The van der Waals surface area contributed by atoms with Crippen molar-refractivity contribution < 1.29 is 4.74 Å². The maximum atomic E-state index is 5.42. The van der Waals surface area contributed by atoms with Gasteiger partial charge in [-0.25, -0.2) is 4.98 Å². The van der Waals surface area contributed by atoms with Crippen molar-refractivity contribution >= 4 is 0 Å². The second-order valence-electron chi connectivity index (χ2n) is 4.87. The molecule has 96 valence electrons. The highest BCUT2D eigenvalue weighted by molar-refractivity contribution is 4.98. The Bertz CT molecular complexity index is 331. The van der Waals surface area contributed by atoms with Crippen LogP contribution in [0.1, 0.15) is 32.4 Å². The minimum absolute atomic E-state index is 0.516. The number of hydrogen-bond donors (Lipinski definition) is 1. The largest absolute Gasteiger partial charge is 0.381 e. The molecular weight excluding hydrogens is 214 g/mol. The molecule has 1 aliphatic heterocycles. The lowest BCUT2D eigenvalue weighted by Crippen LogP contribution is -2.33. The van der Waals surface area contributed by atoms with E-state index >= 15 is 0 Å². The number of hydrogen-bond acceptors (Lipinski definition) is 3. The molecule has 1 saturated heterocycles. The number of aryl methyl sites for hydroxylation is 1. The summed E-state index contributed by atoms with van der Waals surface area (Å²) in [4.78, 5) is 4.21. The summed E-state index contributed by atoms with van der Waals surface area (Å²) < 4.78 is 7.65. The molecule has 1 N–H and O–H groups in total. The number of rotatable bonds is 6. The summed E-state index contributed by atoms with van der Waals surface area (Å²) in [5.41, 5.74) is 1.28. The maximum Gasteiger partial charge on any atom is 0.0948 e. The van der Waals surface area contributed by atoms with E-state index in [9.17, 15) is 0 Å². The van der Waals surface area contributed by atoms with Crippen LogP contribution in [0, 0.1) is 5.92 Å². The minimum atomic E-state index is 0.516. The van der Waals surface area contributed by atoms with Gasteiger partial charge in [0.2, 0.25) is 0 Å². The van der Waals surface area contributed by atoms with Gasteiger partial charge in [-0.15, -0.1) is 0 Å². The molecule has 17 heavy (non-hydrogen) atoms. The Labute approximate surface area is 103 Å². The van der Waals surface area contributed by atoms with E-state index in [0.29, 0.717) is 12.0 Å². The third kappa shape index (κ3) is 3.30. The van der Waals surface area contributed by atoms with E-state index in [-0.39, 0.29) is 0 Å². The summed E-state index contributed by atoms with van der Waals surface area (Å²) in [7, 11) is 0. The molecule has 0 aliphatic carbocycles. The first-order valence-electron chi connectivity index (χ1n) is 6.61. The first kappa shape index (κ1) is 12.6. The summed E-state index contributed by atoms with van der Waals surface area (Å²) >= 11 is 0. The highest BCUT2D eigenvalue weighted by Gasteiger charge is 2.21. The molecule has 2 rings (SSSR count). The van der Waals surface area contributed by atoms with Crippen molar-refractivity contribution in [3.8, 4) is 0 Å². The monoisotopic (exact) mass is 237 g/mol. The van der Waals surface area contributed by atoms with Crippen molar-refractivity contribution in [1.29, 1.82) is 0 Å². The predicted molar refractivity (Wildman–Crippen MR) is 67.7 cm³/mol. The number of nitrogens with one attached hydrogen (secondary N) is 1. The molecule has 1 aliphatic rings. The molecule has 2 unspecified atom stereocenters. The van der Waals surface area contributed by atoms with Crippen molar-refractivity contribution in [3.05, 3.63) is 18.2 Å². The average molecular weight is 237 g/mol. The quantitative estimate of drug-likeness (QED) is 0.820. The zero-order valence-electron chi connectivity index (χ0n) is 10.9. The Kier molecular flexibility index (Phi) is 4.57. The summed E-state index contributed by atoms with van der Waals surface area (Å²) in [5.74, 6) is 0.664. The molecule has 2 atom stereocenters. The van der Waals surface area contributed by atoms with Crippen LogP contribution in [0.2, 0.25) is 0 Å². The lowest BCUT2D eigenvalue weighted by atomic mass is 10.0. The van der Waals surface area contributed by atoms with Gasteiger partial charge in [-0.2, -0.15) is 0 Å². The number of imidazole rings is 1. The molecule has 4 nitrogen and oxygen atoms in total. The van der Waals surface area contributed by atoms with Gasteiger partial charge in [0.05, 0.1) is 18.6 Å². The van der Waals surface area contributed by atoms with Gasteiger partial charge in [-0.3, -0.25) is 0 Å². The Morgan fingerprint density at radius 1 is 1.65 bits per heavy atom. The topological polar surface area (TPSA) is 39.1 Å². The van der Waals surface area contributed by atoms with E-state index < -0.39 is 0 Å². The third-order valence-corrected chi connectivity index (χ3v) is 3.54. The molecule has 0 aromatic carbocycles. The van der Waals surface area contributed by atoms with Crippen LogP contribution in [-0.4, -0.2) is 28.8 Å². The fourth-order valence-corrected chi connectivity index (χ4v) is 2.32. The molecule has 1 aromatic heterocycles. The van der Waals surface area contributed by atoms with E-state index in [1.54, 1.807) is 0 Å². The van der Waals surface area contributed by atoms with E-state index in [1.165, 1.54) is 12.1 Å². The SMILES string of the molecule is CCCn1cncc1CNC(C)C1CCOC1. The Morgan fingerprint density at radius 3 is 3.24 bits per heavy atom. The van der Waals surface area contributed by atoms with Crippen molar-refractivity contribution in [1.82, 2.24) is 14.9 Å². The summed E-state index contributed by atoms with van der Waals surface area (Å²) in [6, 6.07) is 0.516. The first-order chi connectivity index (χ1) is 8.31. The van der Waals surface area contributed by atoms with E-state index in [4.69, 9.17) is 4.74 Å². The summed E-state index contributed by atoms with van der Waals surface area (Å²) in [6.07, 6.45) is 6.21. The lowest BCUT2D eigenvalue weighted by molar-refractivity contribution is 0.178. The van der Waals surface area contributed by atoms with Crippen LogP contribution < -0.4 is 5.32 Å². The highest BCUT2D eigenvalue weighted by atomic mass is 16.5. The van der Waals surface area contributed by atoms with Crippen LogP contribution in [0.3, 0.4) is 0 Å². The summed E-state index contributed by atoms with van der Waals surface area (Å²) in [6.45, 7) is 8.22. The smallest absolute Gasteiger partial charge is 0.0948 e. The minimum Gasteiger partial charge on any atom is -0.381 e. The molecule has 2 heterocycles. The zero-order valence-corrected chi connectivity index (χ0v) is 10.9. The average Bonchev–Trinajstić information content (AvgIpc) is 2.97. The number of nitrogens with zero attached hydrogens (tertiary/aromatic N) is 2. The van der Waals surface area contributed by atoms with Crippen LogP contribution in [0.4, 0.5) is 0 Å². The molecule has 0 radical (unpaired) electrons. The molecule has 1 aromatic rings. The van der Waals surface area contributed by atoms with E-state index in [1.807, 2.05) is 12.5 Å². The maximum absolute atomic E-state index is 5.42.